The van der Waals surface area contributed by atoms with Gasteiger partial charge in [0.1, 0.15) is 6.61 Å². The van der Waals surface area contributed by atoms with E-state index in [1.807, 2.05) is 0 Å². The van der Waals surface area contributed by atoms with Gasteiger partial charge in [0.2, 0.25) is 0 Å². The number of hydrogen-bond donors (Lipinski definition) is 0. The molecule has 0 fully saturated rings. The predicted octanol–water partition coefficient (Wildman–Crippen LogP) is 14.8. The van der Waals surface area contributed by atoms with Gasteiger partial charge in [0.05, 0.1) is 6.61 Å². The first-order valence-electron chi connectivity index (χ1n) is 22.5. The molecule has 0 aliphatic carbocycles. The SMILES string of the molecule is CC/C=C\C/C=C\C/C=C\CCCCCCCCCCOCC(COC(=O)CCCCC/C=C\C/C=C\C/C=C\CC)OC(=O)CCCCCCCCC. The van der Waals surface area contributed by atoms with Crippen LogP contribution >= 0.6 is 0 Å². The summed E-state index contributed by atoms with van der Waals surface area (Å²) in [6.45, 7) is 7.51. The van der Waals surface area contributed by atoms with Crippen LogP contribution in [0.4, 0.5) is 0 Å². The maximum absolute atomic E-state index is 12.6. The maximum Gasteiger partial charge on any atom is 0.306 e. The largest absolute Gasteiger partial charge is 0.462 e. The van der Waals surface area contributed by atoms with Gasteiger partial charge in [-0.2, -0.15) is 0 Å². The van der Waals surface area contributed by atoms with Crippen LogP contribution in [0.25, 0.3) is 0 Å². The highest BCUT2D eigenvalue weighted by Gasteiger charge is 2.17. The zero-order valence-corrected chi connectivity index (χ0v) is 35.5. The van der Waals surface area contributed by atoms with Crippen molar-refractivity contribution < 1.29 is 23.8 Å². The molecule has 0 N–H and O–H groups in total. The molecule has 0 heterocycles. The average Bonchev–Trinajstić information content (AvgIpc) is 3.17. The fourth-order valence-electron chi connectivity index (χ4n) is 5.95. The number of esters is 2. The van der Waals surface area contributed by atoms with E-state index in [1.165, 1.54) is 70.6 Å². The molecule has 0 bridgehead atoms. The molecular formula is C49H84O5. The van der Waals surface area contributed by atoms with Crippen LogP contribution in [-0.4, -0.2) is 37.9 Å². The second-order valence-electron chi connectivity index (χ2n) is 14.5. The fraction of sp³-hybridized carbons (Fsp3) is 0.714. The predicted molar refractivity (Wildman–Crippen MR) is 233 cm³/mol. The average molecular weight is 753 g/mol. The van der Waals surface area contributed by atoms with Crippen molar-refractivity contribution in [3.63, 3.8) is 0 Å². The minimum absolute atomic E-state index is 0.0653. The first-order chi connectivity index (χ1) is 26.6. The molecule has 0 amide bonds. The molecule has 1 atom stereocenters. The van der Waals surface area contributed by atoms with Crippen LogP contribution in [0.1, 0.15) is 201 Å². The van der Waals surface area contributed by atoms with E-state index in [2.05, 4.69) is 93.7 Å². The summed E-state index contributed by atoms with van der Waals surface area (Å²) in [4.78, 5) is 25.1. The van der Waals surface area contributed by atoms with Crippen molar-refractivity contribution in [3.8, 4) is 0 Å². The lowest BCUT2D eigenvalue weighted by Gasteiger charge is -2.18. The number of carbonyl (C=O) groups excluding carboxylic acids is 2. The Hall–Kier alpha value is -2.66. The quantitative estimate of drug-likeness (QED) is 0.0354. The molecule has 5 heteroatoms. The third-order valence-corrected chi connectivity index (χ3v) is 9.24. The number of ether oxygens (including phenoxy) is 3. The second kappa shape index (κ2) is 44.7. The Kier molecular flexibility index (Phi) is 42.5. The molecular weight excluding hydrogens is 669 g/mol. The molecule has 0 rings (SSSR count). The van der Waals surface area contributed by atoms with Crippen molar-refractivity contribution in [2.24, 2.45) is 0 Å². The zero-order chi connectivity index (χ0) is 39.3. The van der Waals surface area contributed by atoms with Gasteiger partial charge >= 0.3 is 11.9 Å². The Bertz CT molecular complexity index is 988. The van der Waals surface area contributed by atoms with Crippen LogP contribution in [0.5, 0.6) is 0 Å². The van der Waals surface area contributed by atoms with Gasteiger partial charge in [-0.15, -0.1) is 0 Å². The van der Waals surface area contributed by atoms with Crippen LogP contribution < -0.4 is 0 Å². The summed E-state index contributed by atoms with van der Waals surface area (Å²) in [7, 11) is 0. The van der Waals surface area contributed by atoms with Crippen molar-refractivity contribution in [2.75, 3.05) is 19.8 Å². The molecule has 0 aromatic heterocycles. The summed E-state index contributed by atoms with van der Waals surface area (Å²) in [6.07, 6.45) is 56.3. The highest BCUT2D eigenvalue weighted by Crippen LogP contribution is 2.13. The first kappa shape index (κ1) is 51.3. The molecule has 0 aliphatic heterocycles. The molecule has 0 spiro atoms. The number of allylic oxidation sites excluding steroid dienone is 12. The number of carbonyl (C=O) groups is 2. The second-order valence-corrected chi connectivity index (χ2v) is 14.5. The van der Waals surface area contributed by atoms with Gasteiger partial charge in [0.15, 0.2) is 6.10 Å². The molecule has 1 unspecified atom stereocenters. The molecule has 0 saturated heterocycles. The van der Waals surface area contributed by atoms with Crippen molar-refractivity contribution in [3.05, 3.63) is 72.9 Å². The molecule has 0 aliphatic rings. The van der Waals surface area contributed by atoms with Gasteiger partial charge in [-0.1, -0.05) is 177 Å². The van der Waals surface area contributed by atoms with Crippen LogP contribution in [0.15, 0.2) is 72.9 Å². The van der Waals surface area contributed by atoms with Crippen molar-refractivity contribution in [2.45, 2.75) is 207 Å². The smallest absolute Gasteiger partial charge is 0.306 e. The topological polar surface area (TPSA) is 61.8 Å². The summed E-state index contributed by atoms with van der Waals surface area (Å²) < 4.78 is 17.2. The number of hydrogen-bond acceptors (Lipinski definition) is 5. The maximum atomic E-state index is 12.6. The van der Waals surface area contributed by atoms with Crippen LogP contribution in [0, 0.1) is 0 Å². The number of rotatable bonds is 40. The standard InChI is InChI=1S/C49H84O5/c1-4-7-10-13-16-18-20-22-23-24-25-26-28-30-32-35-38-41-44-52-45-47(54-49(51)43-40-37-33-15-12-9-6-3)46-53-48(50)42-39-36-34-31-29-27-21-19-17-14-11-8-5-2/h7-8,10-11,16-19,22-23,27,29,47H,4-6,9,12-15,20-21,24-26,28,30-46H2,1-3H3/b10-7-,11-8-,18-16-,19-17-,23-22-,29-27-. The van der Waals surface area contributed by atoms with E-state index in [9.17, 15) is 9.59 Å². The third kappa shape index (κ3) is 42.1. The number of unbranched alkanes of at least 4 members (excludes halogenated alkanes) is 17. The molecule has 0 saturated carbocycles. The highest BCUT2D eigenvalue weighted by molar-refractivity contribution is 5.70. The monoisotopic (exact) mass is 753 g/mol. The summed E-state index contributed by atoms with van der Waals surface area (Å²) >= 11 is 0. The van der Waals surface area contributed by atoms with E-state index in [-0.39, 0.29) is 25.2 Å². The molecule has 0 aromatic rings. The zero-order valence-electron chi connectivity index (χ0n) is 35.5. The first-order valence-corrected chi connectivity index (χ1v) is 22.5. The van der Waals surface area contributed by atoms with Gasteiger partial charge in [-0.25, -0.2) is 0 Å². The van der Waals surface area contributed by atoms with E-state index in [1.54, 1.807) is 0 Å². The summed E-state index contributed by atoms with van der Waals surface area (Å²) in [6, 6.07) is 0. The van der Waals surface area contributed by atoms with E-state index < -0.39 is 6.10 Å². The Morgan fingerprint density at radius 2 is 0.833 bits per heavy atom. The van der Waals surface area contributed by atoms with Gasteiger partial charge in [-0.3, -0.25) is 9.59 Å². The van der Waals surface area contributed by atoms with Gasteiger partial charge < -0.3 is 14.2 Å². The molecule has 5 nitrogen and oxygen atoms in total. The van der Waals surface area contributed by atoms with Gasteiger partial charge in [0.25, 0.3) is 0 Å². The summed E-state index contributed by atoms with van der Waals surface area (Å²) in [5.41, 5.74) is 0. The van der Waals surface area contributed by atoms with E-state index in [0.717, 1.165) is 96.3 Å². The van der Waals surface area contributed by atoms with Gasteiger partial charge in [-0.05, 0) is 83.5 Å². The van der Waals surface area contributed by atoms with Crippen molar-refractivity contribution in [1.29, 1.82) is 0 Å². The Balaban J connectivity index is 4.19. The highest BCUT2D eigenvalue weighted by atomic mass is 16.6. The normalized spacial score (nSPS) is 12.9. The molecule has 0 radical (unpaired) electrons. The Morgan fingerprint density at radius 3 is 1.35 bits per heavy atom. The lowest BCUT2D eigenvalue weighted by atomic mass is 10.1. The van der Waals surface area contributed by atoms with E-state index >= 15 is 0 Å². The molecule has 54 heavy (non-hydrogen) atoms. The summed E-state index contributed by atoms with van der Waals surface area (Å²) in [5.74, 6) is -0.444. The molecule has 0 aromatic carbocycles. The van der Waals surface area contributed by atoms with Crippen LogP contribution in [-0.2, 0) is 23.8 Å². The Labute approximate surface area is 334 Å². The van der Waals surface area contributed by atoms with E-state index in [0.29, 0.717) is 19.4 Å². The fourth-order valence-corrected chi connectivity index (χ4v) is 5.95. The minimum Gasteiger partial charge on any atom is -0.462 e. The molecule has 310 valence electrons. The van der Waals surface area contributed by atoms with E-state index in [4.69, 9.17) is 14.2 Å². The van der Waals surface area contributed by atoms with Crippen LogP contribution in [0.3, 0.4) is 0 Å². The van der Waals surface area contributed by atoms with Gasteiger partial charge in [0, 0.05) is 19.4 Å². The third-order valence-electron chi connectivity index (χ3n) is 9.24. The summed E-state index contributed by atoms with van der Waals surface area (Å²) in [5, 5.41) is 0. The van der Waals surface area contributed by atoms with Crippen molar-refractivity contribution >= 4 is 11.9 Å². The lowest BCUT2D eigenvalue weighted by molar-refractivity contribution is -0.163. The lowest BCUT2D eigenvalue weighted by Crippen LogP contribution is -2.30. The minimum atomic E-state index is -0.549. The van der Waals surface area contributed by atoms with Crippen molar-refractivity contribution in [1.82, 2.24) is 0 Å². The Morgan fingerprint density at radius 1 is 0.426 bits per heavy atom. The van der Waals surface area contributed by atoms with Crippen LogP contribution in [0.2, 0.25) is 0 Å².